The molecule has 3 aromatic carbocycles. The summed E-state index contributed by atoms with van der Waals surface area (Å²) in [6, 6.07) is 17.8. The fraction of sp³-hybridized carbons (Fsp3) is 0.0833. The van der Waals surface area contributed by atoms with Gasteiger partial charge in [-0.2, -0.15) is 0 Å². The Hall–Kier alpha value is -3.58. The lowest BCUT2D eigenvalue weighted by atomic mass is 10.2. The Kier molecular flexibility index (Phi) is 6.04. The molecule has 31 heavy (non-hydrogen) atoms. The Bertz CT molecular complexity index is 1210. The van der Waals surface area contributed by atoms with Crippen molar-refractivity contribution in [3.8, 4) is 16.3 Å². The molecule has 1 heterocycles. The number of hydrogen-bond acceptors (Lipinski definition) is 4. The Labute approximate surface area is 182 Å². The van der Waals surface area contributed by atoms with Crippen molar-refractivity contribution >= 4 is 22.9 Å². The van der Waals surface area contributed by atoms with Crippen LogP contribution in [-0.2, 0) is 6.61 Å². The normalized spacial score (nSPS) is 10.7. The van der Waals surface area contributed by atoms with Crippen molar-refractivity contribution in [1.82, 2.24) is 4.98 Å². The zero-order chi connectivity index (χ0) is 21.8. The summed E-state index contributed by atoms with van der Waals surface area (Å²) < 4.78 is 32.5. The van der Waals surface area contributed by atoms with Gasteiger partial charge in [-0.05, 0) is 61.5 Å². The number of halogens is 2. The molecule has 0 aliphatic carbocycles. The topological polar surface area (TPSA) is 51.2 Å². The summed E-state index contributed by atoms with van der Waals surface area (Å²) in [4.78, 5) is 16.8. The first-order chi connectivity index (χ1) is 15.0. The van der Waals surface area contributed by atoms with Crippen molar-refractivity contribution in [2.24, 2.45) is 0 Å². The molecule has 7 heteroatoms. The standard InChI is InChI=1S/C24H18F2N2O2S/c1-15-2-7-19(8-3-15)27-23(29)22-14-31-24(28-22)16-4-9-20(10-5-16)30-13-17-12-18(25)6-11-21(17)26/h2-12,14H,13H2,1H3,(H,27,29). The van der Waals surface area contributed by atoms with Gasteiger partial charge in [-0.1, -0.05) is 17.7 Å². The predicted octanol–water partition coefficient (Wildman–Crippen LogP) is 6.23. The summed E-state index contributed by atoms with van der Waals surface area (Å²) in [7, 11) is 0. The van der Waals surface area contributed by atoms with Crippen molar-refractivity contribution in [1.29, 1.82) is 0 Å². The van der Waals surface area contributed by atoms with Gasteiger partial charge < -0.3 is 10.1 Å². The Morgan fingerprint density at radius 3 is 2.52 bits per heavy atom. The number of benzene rings is 3. The minimum absolute atomic E-state index is 0.0798. The van der Waals surface area contributed by atoms with E-state index in [0.29, 0.717) is 22.1 Å². The van der Waals surface area contributed by atoms with Crippen LogP contribution in [0.3, 0.4) is 0 Å². The van der Waals surface area contributed by atoms with Crippen LogP contribution in [0.5, 0.6) is 5.75 Å². The van der Waals surface area contributed by atoms with Gasteiger partial charge in [-0.15, -0.1) is 11.3 Å². The Morgan fingerprint density at radius 2 is 1.77 bits per heavy atom. The lowest BCUT2D eigenvalue weighted by Crippen LogP contribution is -2.12. The van der Waals surface area contributed by atoms with Crippen molar-refractivity contribution < 1.29 is 18.3 Å². The second-order valence-corrected chi connectivity index (χ2v) is 7.76. The van der Waals surface area contributed by atoms with Crippen LogP contribution in [0.1, 0.15) is 21.6 Å². The molecule has 1 aromatic heterocycles. The van der Waals surface area contributed by atoms with E-state index in [1.54, 1.807) is 29.6 Å². The molecule has 0 unspecified atom stereocenters. The molecule has 0 saturated heterocycles. The smallest absolute Gasteiger partial charge is 0.275 e. The highest BCUT2D eigenvalue weighted by Crippen LogP contribution is 2.26. The van der Waals surface area contributed by atoms with Crippen molar-refractivity contribution in [3.63, 3.8) is 0 Å². The van der Waals surface area contributed by atoms with Crippen LogP contribution in [0.25, 0.3) is 10.6 Å². The van der Waals surface area contributed by atoms with Crippen LogP contribution in [0.4, 0.5) is 14.5 Å². The van der Waals surface area contributed by atoms with Gasteiger partial charge >= 0.3 is 0 Å². The second-order valence-electron chi connectivity index (χ2n) is 6.91. The highest BCUT2D eigenvalue weighted by molar-refractivity contribution is 7.13. The SMILES string of the molecule is Cc1ccc(NC(=O)c2csc(-c3ccc(OCc4cc(F)ccc4F)cc3)n2)cc1. The fourth-order valence-electron chi connectivity index (χ4n) is 2.85. The first kappa shape index (κ1) is 20.7. The molecule has 4 rings (SSSR count). The van der Waals surface area contributed by atoms with Crippen LogP contribution in [0.2, 0.25) is 0 Å². The minimum atomic E-state index is -0.516. The van der Waals surface area contributed by atoms with Gasteiger partial charge in [-0.25, -0.2) is 13.8 Å². The lowest BCUT2D eigenvalue weighted by molar-refractivity contribution is 0.102. The number of nitrogens with zero attached hydrogens (tertiary/aromatic N) is 1. The summed E-state index contributed by atoms with van der Waals surface area (Å²) in [6.45, 7) is 1.90. The molecule has 0 fully saturated rings. The lowest BCUT2D eigenvalue weighted by Gasteiger charge is -2.08. The predicted molar refractivity (Wildman–Crippen MR) is 117 cm³/mol. The summed E-state index contributed by atoms with van der Waals surface area (Å²) in [5.74, 6) is -0.789. The second kappa shape index (κ2) is 9.06. The molecular formula is C24H18F2N2O2S. The third-order valence-corrected chi connectivity index (χ3v) is 5.44. The van der Waals surface area contributed by atoms with Crippen molar-refractivity contribution in [3.05, 3.63) is 101 Å². The molecule has 0 saturated carbocycles. The highest BCUT2D eigenvalue weighted by Gasteiger charge is 2.12. The molecule has 0 bridgehead atoms. The summed E-state index contributed by atoms with van der Waals surface area (Å²) in [5, 5.41) is 5.22. The average Bonchev–Trinajstić information content (AvgIpc) is 3.27. The van der Waals surface area contributed by atoms with Crippen LogP contribution >= 0.6 is 11.3 Å². The van der Waals surface area contributed by atoms with Gasteiger partial charge in [-0.3, -0.25) is 4.79 Å². The maximum Gasteiger partial charge on any atom is 0.275 e. The van der Waals surface area contributed by atoms with Gasteiger partial charge in [0.25, 0.3) is 5.91 Å². The molecule has 0 spiro atoms. The number of aromatic nitrogens is 1. The zero-order valence-corrected chi connectivity index (χ0v) is 17.4. The van der Waals surface area contributed by atoms with Crippen LogP contribution in [0.15, 0.2) is 72.1 Å². The van der Waals surface area contributed by atoms with E-state index in [9.17, 15) is 13.6 Å². The number of aryl methyl sites for hydroxylation is 1. The summed E-state index contributed by atoms with van der Waals surface area (Å²) >= 11 is 1.36. The van der Waals surface area contributed by atoms with E-state index < -0.39 is 11.6 Å². The molecule has 0 aliphatic heterocycles. The summed E-state index contributed by atoms with van der Waals surface area (Å²) in [6.07, 6.45) is 0. The van der Waals surface area contributed by atoms with Gasteiger partial charge in [0.15, 0.2) is 0 Å². The number of anilines is 1. The fourth-order valence-corrected chi connectivity index (χ4v) is 3.66. The third kappa shape index (κ3) is 5.13. The number of ether oxygens (including phenoxy) is 1. The van der Waals surface area contributed by atoms with Crippen LogP contribution < -0.4 is 10.1 Å². The van der Waals surface area contributed by atoms with Gasteiger partial charge in [0.2, 0.25) is 0 Å². The molecular weight excluding hydrogens is 418 g/mol. The average molecular weight is 436 g/mol. The Balaban J connectivity index is 1.40. The molecule has 1 N–H and O–H groups in total. The van der Waals surface area contributed by atoms with Crippen LogP contribution in [-0.4, -0.2) is 10.9 Å². The Morgan fingerprint density at radius 1 is 1.03 bits per heavy atom. The first-order valence-electron chi connectivity index (χ1n) is 9.48. The number of amides is 1. The minimum Gasteiger partial charge on any atom is -0.489 e. The van der Waals surface area contributed by atoms with Gasteiger partial charge in [0.1, 0.15) is 34.7 Å². The molecule has 0 atom stereocenters. The number of carbonyl (C=O) groups is 1. The van der Waals surface area contributed by atoms with Crippen LogP contribution in [0, 0.1) is 18.6 Å². The quantitative estimate of drug-likeness (QED) is 0.390. The summed E-state index contributed by atoms with van der Waals surface area (Å²) in [5.41, 5.74) is 3.13. The number of nitrogens with one attached hydrogen (secondary N) is 1. The van der Waals surface area contributed by atoms with E-state index in [1.165, 1.54) is 11.3 Å². The van der Waals surface area contributed by atoms with Gasteiger partial charge in [0, 0.05) is 22.2 Å². The first-order valence-corrected chi connectivity index (χ1v) is 10.4. The molecule has 0 radical (unpaired) electrons. The third-order valence-electron chi connectivity index (χ3n) is 4.55. The largest absolute Gasteiger partial charge is 0.489 e. The number of rotatable bonds is 6. The van der Waals surface area contributed by atoms with Crippen molar-refractivity contribution in [2.45, 2.75) is 13.5 Å². The van der Waals surface area contributed by atoms with E-state index in [0.717, 1.165) is 29.3 Å². The highest BCUT2D eigenvalue weighted by atomic mass is 32.1. The van der Waals surface area contributed by atoms with E-state index >= 15 is 0 Å². The molecule has 0 aliphatic rings. The van der Waals surface area contributed by atoms with Crippen molar-refractivity contribution in [2.75, 3.05) is 5.32 Å². The molecule has 4 nitrogen and oxygen atoms in total. The zero-order valence-electron chi connectivity index (χ0n) is 16.6. The van der Waals surface area contributed by atoms with Gasteiger partial charge in [0.05, 0.1) is 0 Å². The molecule has 156 valence electrons. The molecule has 4 aromatic rings. The van der Waals surface area contributed by atoms with E-state index in [4.69, 9.17) is 4.74 Å². The van der Waals surface area contributed by atoms with E-state index in [-0.39, 0.29) is 18.1 Å². The monoisotopic (exact) mass is 436 g/mol. The van der Waals surface area contributed by atoms with E-state index in [1.807, 2.05) is 31.2 Å². The number of carbonyl (C=O) groups excluding carboxylic acids is 1. The molecule has 1 amide bonds. The maximum absolute atomic E-state index is 13.7. The number of thiazole rings is 1. The van der Waals surface area contributed by atoms with E-state index in [2.05, 4.69) is 10.3 Å². The maximum atomic E-state index is 13.7. The number of hydrogen-bond donors (Lipinski definition) is 1.